The molecule has 2 heterocycles. The van der Waals surface area contributed by atoms with Crippen LogP contribution in [0.4, 0.5) is 0 Å². The first-order chi connectivity index (χ1) is 13.1. The minimum absolute atomic E-state index is 0.0157. The van der Waals surface area contributed by atoms with E-state index in [2.05, 4.69) is 0 Å². The lowest BCUT2D eigenvalue weighted by Crippen LogP contribution is -2.31. The third-order valence-corrected chi connectivity index (χ3v) is 5.23. The quantitative estimate of drug-likeness (QED) is 0.580. The number of aromatic nitrogens is 1. The zero-order chi connectivity index (χ0) is 19.2. The molecule has 142 valence electrons. The van der Waals surface area contributed by atoms with Crippen molar-refractivity contribution >= 4 is 17.2 Å². The highest BCUT2D eigenvalue weighted by Crippen LogP contribution is 2.30. The van der Waals surface area contributed by atoms with Crippen molar-refractivity contribution in [2.24, 2.45) is 7.05 Å². The maximum atomic E-state index is 12.8. The van der Waals surface area contributed by atoms with Crippen LogP contribution in [0, 0.1) is 0 Å². The second-order valence-corrected chi connectivity index (χ2v) is 7.21. The molecule has 3 aromatic rings. The molecular weight excluding hydrogens is 360 g/mol. The molecule has 0 aliphatic carbocycles. The van der Waals surface area contributed by atoms with Crippen LogP contribution in [0.2, 0.25) is 0 Å². The SMILES string of the molecule is CCN(Cc1ccc(OCc2cccs2)c(OC)c1)C(=O)c1cccn1C. The molecule has 0 aliphatic rings. The van der Waals surface area contributed by atoms with Gasteiger partial charge in [0.05, 0.1) is 7.11 Å². The molecular formula is C21H24N2O3S. The third kappa shape index (κ3) is 4.52. The maximum Gasteiger partial charge on any atom is 0.270 e. The molecule has 0 unspecified atom stereocenters. The van der Waals surface area contributed by atoms with Crippen LogP contribution in [-0.4, -0.2) is 29.0 Å². The molecule has 0 fully saturated rings. The summed E-state index contributed by atoms with van der Waals surface area (Å²) in [5.41, 5.74) is 1.68. The molecule has 0 N–H and O–H groups in total. The molecule has 2 aromatic heterocycles. The van der Waals surface area contributed by atoms with Crippen molar-refractivity contribution in [1.29, 1.82) is 0 Å². The van der Waals surface area contributed by atoms with Gasteiger partial charge in [0, 0.05) is 31.2 Å². The average Bonchev–Trinajstić information content (AvgIpc) is 3.35. The van der Waals surface area contributed by atoms with Crippen LogP contribution in [0.5, 0.6) is 11.5 Å². The Kier molecular flexibility index (Phi) is 6.19. The number of nitrogens with zero attached hydrogens (tertiary/aromatic N) is 2. The Balaban J connectivity index is 1.72. The number of carbonyl (C=O) groups is 1. The van der Waals surface area contributed by atoms with Crippen molar-refractivity contribution in [3.63, 3.8) is 0 Å². The molecule has 0 bridgehead atoms. The number of carbonyl (C=O) groups excluding carboxylic acids is 1. The standard InChI is InChI=1S/C21H24N2O3S/c1-4-23(21(24)18-8-5-11-22(18)2)14-16-9-10-19(20(13-16)25-3)26-15-17-7-6-12-27-17/h5-13H,4,14-15H2,1-3H3. The predicted molar refractivity (Wildman–Crippen MR) is 107 cm³/mol. The molecule has 1 amide bonds. The first-order valence-corrected chi connectivity index (χ1v) is 9.73. The van der Waals surface area contributed by atoms with E-state index >= 15 is 0 Å². The van der Waals surface area contributed by atoms with Gasteiger partial charge in [-0.25, -0.2) is 0 Å². The van der Waals surface area contributed by atoms with E-state index in [1.807, 2.05) is 77.5 Å². The van der Waals surface area contributed by atoms with Crippen molar-refractivity contribution in [3.05, 3.63) is 70.2 Å². The van der Waals surface area contributed by atoms with E-state index in [0.29, 0.717) is 36.9 Å². The number of hydrogen-bond acceptors (Lipinski definition) is 4. The molecule has 5 nitrogen and oxygen atoms in total. The number of rotatable bonds is 8. The van der Waals surface area contributed by atoms with Gasteiger partial charge in [-0.15, -0.1) is 11.3 Å². The van der Waals surface area contributed by atoms with Crippen molar-refractivity contribution in [3.8, 4) is 11.5 Å². The highest BCUT2D eigenvalue weighted by Gasteiger charge is 2.17. The van der Waals surface area contributed by atoms with E-state index in [9.17, 15) is 4.79 Å². The summed E-state index contributed by atoms with van der Waals surface area (Å²) in [6.07, 6.45) is 1.88. The monoisotopic (exact) mass is 384 g/mol. The van der Waals surface area contributed by atoms with Gasteiger partial charge < -0.3 is 18.9 Å². The molecule has 27 heavy (non-hydrogen) atoms. The van der Waals surface area contributed by atoms with E-state index in [4.69, 9.17) is 9.47 Å². The van der Waals surface area contributed by atoms with E-state index in [-0.39, 0.29) is 5.91 Å². The summed E-state index contributed by atoms with van der Waals surface area (Å²) in [5, 5.41) is 2.03. The van der Waals surface area contributed by atoms with Gasteiger partial charge in [0.25, 0.3) is 5.91 Å². The van der Waals surface area contributed by atoms with Crippen molar-refractivity contribution in [1.82, 2.24) is 9.47 Å². The number of amides is 1. The van der Waals surface area contributed by atoms with E-state index in [1.165, 1.54) is 0 Å². The van der Waals surface area contributed by atoms with Gasteiger partial charge in [-0.3, -0.25) is 4.79 Å². The predicted octanol–water partition coefficient (Wildman–Crippen LogP) is 4.34. The summed E-state index contributed by atoms with van der Waals surface area (Å²) < 4.78 is 13.2. The molecule has 3 rings (SSSR count). The van der Waals surface area contributed by atoms with Crippen LogP contribution in [0.15, 0.2) is 54.0 Å². The smallest absolute Gasteiger partial charge is 0.270 e. The number of hydrogen-bond donors (Lipinski definition) is 0. The van der Waals surface area contributed by atoms with Crippen LogP contribution in [0.25, 0.3) is 0 Å². The Morgan fingerprint density at radius 3 is 2.67 bits per heavy atom. The zero-order valence-electron chi connectivity index (χ0n) is 15.8. The summed E-state index contributed by atoms with van der Waals surface area (Å²) in [6, 6.07) is 13.6. The third-order valence-electron chi connectivity index (χ3n) is 4.38. The lowest BCUT2D eigenvalue weighted by Gasteiger charge is -2.22. The Bertz CT molecular complexity index is 887. The number of ether oxygens (including phenoxy) is 2. The Labute approximate surface area is 163 Å². The van der Waals surface area contributed by atoms with Crippen LogP contribution < -0.4 is 9.47 Å². The maximum absolute atomic E-state index is 12.8. The molecule has 0 atom stereocenters. The molecule has 6 heteroatoms. The Morgan fingerprint density at radius 1 is 1.19 bits per heavy atom. The number of aryl methyl sites for hydroxylation is 1. The fraction of sp³-hybridized carbons (Fsp3) is 0.286. The first kappa shape index (κ1) is 19.0. The summed E-state index contributed by atoms with van der Waals surface area (Å²) in [4.78, 5) is 15.7. The van der Waals surface area contributed by atoms with Crippen molar-refractivity contribution in [2.75, 3.05) is 13.7 Å². The van der Waals surface area contributed by atoms with E-state index in [0.717, 1.165) is 10.4 Å². The normalized spacial score (nSPS) is 10.6. The van der Waals surface area contributed by atoms with Crippen LogP contribution in [-0.2, 0) is 20.2 Å². The Morgan fingerprint density at radius 2 is 2.04 bits per heavy atom. The summed E-state index contributed by atoms with van der Waals surface area (Å²) in [6.45, 7) is 3.64. The molecule has 0 spiro atoms. The van der Waals surface area contributed by atoms with Gasteiger partial charge in [-0.1, -0.05) is 12.1 Å². The summed E-state index contributed by atoms with van der Waals surface area (Å²) in [5.74, 6) is 1.39. The number of thiophene rings is 1. The molecule has 1 aromatic carbocycles. The average molecular weight is 385 g/mol. The van der Waals surface area contributed by atoms with Gasteiger partial charge in [-0.2, -0.15) is 0 Å². The van der Waals surface area contributed by atoms with Gasteiger partial charge in [-0.05, 0) is 48.2 Å². The van der Waals surface area contributed by atoms with Gasteiger partial charge in [0.2, 0.25) is 0 Å². The lowest BCUT2D eigenvalue weighted by molar-refractivity contribution is 0.0743. The lowest BCUT2D eigenvalue weighted by atomic mass is 10.1. The minimum atomic E-state index is 0.0157. The molecule has 0 radical (unpaired) electrons. The second-order valence-electron chi connectivity index (χ2n) is 6.18. The van der Waals surface area contributed by atoms with Crippen molar-refractivity contribution in [2.45, 2.75) is 20.1 Å². The van der Waals surface area contributed by atoms with Gasteiger partial charge in [0.15, 0.2) is 11.5 Å². The summed E-state index contributed by atoms with van der Waals surface area (Å²) in [7, 11) is 3.51. The minimum Gasteiger partial charge on any atom is -0.493 e. The van der Waals surface area contributed by atoms with E-state index in [1.54, 1.807) is 18.4 Å². The van der Waals surface area contributed by atoms with Gasteiger partial charge in [0.1, 0.15) is 12.3 Å². The first-order valence-electron chi connectivity index (χ1n) is 8.85. The van der Waals surface area contributed by atoms with Crippen LogP contribution in [0.3, 0.4) is 0 Å². The summed E-state index contributed by atoms with van der Waals surface area (Å²) >= 11 is 1.66. The fourth-order valence-electron chi connectivity index (χ4n) is 2.87. The largest absolute Gasteiger partial charge is 0.493 e. The van der Waals surface area contributed by atoms with Crippen LogP contribution >= 0.6 is 11.3 Å². The molecule has 0 aliphatic heterocycles. The highest BCUT2D eigenvalue weighted by molar-refractivity contribution is 7.09. The molecule has 0 saturated carbocycles. The number of methoxy groups -OCH3 is 1. The van der Waals surface area contributed by atoms with Gasteiger partial charge >= 0.3 is 0 Å². The zero-order valence-corrected chi connectivity index (χ0v) is 16.7. The molecule has 0 saturated heterocycles. The van der Waals surface area contributed by atoms with Crippen molar-refractivity contribution < 1.29 is 14.3 Å². The second kappa shape index (κ2) is 8.77. The topological polar surface area (TPSA) is 43.7 Å². The Hall–Kier alpha value is -2.73. The van der Waals surface area contributed by atoms with E-state index < -0.39 is 0 Å². The number of benzene rings is 1. The fourth-order valence-corrected chi connectivity index (χ4v) is 3.48. The highest BCUT2D eigenvalue weighted by atomic mass is 32.1. The van der Waals surface area contributed by atoms with Crippen LogP contribution in [0.1, 0.15) is 27.9 Å².